The van der Waals surface area contributed by atoms with Gasteiger partial charge in [0.05, 0.1) is 23.3 Å². The highest BCUT2D eigenvalue weighted by Crippen LogP contribution is 2.23. The molecule has 8 heteroatoms. The molecule has 0 radical (unpaired) electrons. The van der Waals surface area contributed by atoms with Gasteiger partial charge in [0.25, 0.3) is 5.91 Å². The van der Waals surface area contributed by atoms with Crippen molar-refractivity contribution < 1.29 is 4.79 Å². The number of amides is 1. The number of nitrogens with one attached hydrogen (secondary N) is 1. The Hall–Kier alpha value is -2.90. The van der Waals surface area contributed by atoms with Crippen LogP contribution in [0.15, 0.2) is 65.3 Å². The minimum absolute atomic E-state index is 0.221. The molecule has 0 saturated carbocycles. The quantitative estimate of drug-likeness (QED) is 0.384. The van der Waals surface area contributed by atoms with E-state index in [4.69, 9.17) is 11.6 Å². The molecule has 0 aliphatic rings. The number of hydrogen-bond acceptors (Lipinski definition) is 3. The van der Waals surface area contributed by atoms with Crippen molar-refractivity contribution >= 4 is 39.3 Å². The van der Waals surface area contributed by atoms with E-state index in [1.165, 1.54) is 0 Å². The summed E-state index contributed by atoms with van der Waals surface area (Å²) in [6.45, 7) is 5.18. The number of nitrogens with zero attached hydrogens (tertiary/aromatic N) is 4. The molecule has 2 heterocycles. The Kier molecular flexibility index (Phi) is 6.25. The van der Waals surface area contributed by atoms with Crippen LogP contribution in [0.1, 0.15) is 32.9 Å². The summed E-state index contributed by atoms with van der Waals surface area (Å²) in [7, 11) is 0. The molecular formula is C23H21BrClN5O. The Morgan fingerprint density at radius 3 is 2.48 bits per heavy atom. The predicted molar refractivity (Wildman–Crippen MR) is 126 cm³/mol. The molecule has 0 atom stereocenters. The van der Waals surface area contributed by atoms with Gasteiger partial charge in [-0.15, -0.1) is 0 Å². The predicted octanol–water partition coefficient (Wildman–Crippen LogP) is 5.46. The van der Waals surface area contributed by atoms with Crippen LogP contribution in [0.4, 0.5) is 5.82 Å². The largest absolute Gasteiger partial charge is 0.304 e. The van der Waals surface area contributed by atoms with Crippen LogP contribution in [-0.2, 0) is 13.1 Å². The zero-order valence-electron chi connectivity index (χ0n) is 17.1. The van der Waals surface area contributed by atoms with Gasteiger partial charge in [-0.3, -0.25) is 14.2 Å². The average Bonchev–Trinajstić information content (AvgIpc) is 3.24. The first kappa shape index (κ1) is 21.3. The molecule has 0 spiro atoms. The lowest BCUT2D eigenvalue weighted by Gasteiger charge is -2.07. The second-order valence-corrected chi connectivity index (χ2v) is 8.61. The van der Waals surface area contributed by atoms with E-state index in [9.17, 15) is 4.79 Å². The third-order valence-corrected chi connectivity index (χ3v) is 5.84. The van der Waals surface area contributed by atoms with Crippen LogP contribution in [-0.4, -0.2) is 25.5 Å². The van der Waals surface area contributed by atoms with E-state index in [2.05, 4.69) is 31.4 Å². The van der Waals surface area contributed by atoms with Crippen LogP contribution < -0.4 is 5.32 Å². The highest BCUT2D eigenvalue weighted by molar-refractivity contribution is 9.10. The normalized spacial score (nSPS) is 11.0. The Morgan fingerprint density at radius 2 is 1.81 bits per heavy atom. The number of carbonyl (C=O) groups excluding carboxylic acids is 1. The van der Waals surface area contributed by atoms with E-state index < -0.39 is 0 Å². The first-order valence-corrected chi connectivity index (χ1v) is 10.9. The third-order valence-electron chi connectivity index (χ3n) is 4.89. The maximum absolute atomic E-state index is 12.7. The topological polar surface area (TPSA) is 64.7 Å². The van der Waals surface area contributed by atoms with Crippen LogP contribution in [0, 0.1) is 13.8 Å². The van der Waals surface area contributed by atoms with Gasteiger partial charge >= 0.3 is 0 Å². The Bertz CT molecular complexity index is 1230. The zero-order valence-corrected chi connectivity index (χ0v) is 19.5. The summed E-state index contributed by atoms with van der Waals surface area (Å²) in [6, 6.07) is 17.2. The number of aryl methyl sites for hydroxylation is 2. The van der Waals surface area contributed by atoms with Crippen molar-refractivity contribution in [3.63, 3.8) is 0 Å². The number of hydrogen-bond donors (Lipinski definition) is 1. The molecule has 0 aliphatic heterocycles. The standard InChI is InChI=1S/C23H21BrClN5O/c1-15-11-16(2)30(27-15)12-17-7-9-18(10-8-17)23(31)26-22-20(24)14-29(28-22)13-19-5-3-4-6-21(19)25/h3-11,14H,12-13H2,1-2H3,(H,26,28,31). The van der Waals surface area contributed by atoms with Crippen molar-refractivity contribution in [3.05, 3.63) is 98.4 Å². The maximum Gasteiger partial charge on any atom is 0.256 e. The molecule has 158 valence electrons. The highest BCUT2D eigenvalue weighted by atomic mass is 79.9. The Labute approximate surface area is 194 Å². The van der Waals surface area contributed by atoms with E-state index in [1.807, 2.05) is 79.3 Å². The summed E-state index contributed by atoms with van der Waals surface area (Å²) in [5, 5.41) is 12.5. The van der Waals surface area contributed by atoms with Crippen LogP contribution >= 0.6 is 27.5 Å². The van der Waals surface area contributed by atoms with E-state index in [0.29, 0.717) is 34.0 Å². The molecule has 31 heavy (non-hydrogen) atoms. The molecule has 0 saturated heterocycles. The third kappa shape index (κ3) is 5.06. The lowest BCUT2D eigenvalue weighted by Crippen LogP contribution is -2.13. The molecule has 1 amide bonds. The summed E-state index contributed by atoms with van der Waals surface area (Å²) in [4.78, 5) is 12.7. The van der Waals surface area contributed by atoms with E-state index in [1.54, 1.807) is 4.68 Å². The van der Waals surface area contributed by atoms with Gasteiger partial charge in [0.1, 0.15) is 0 Å². The SMILES string of the molecule is Cc1cc(C)n(Cc2ccc(C(=O)Nc3nn(Cc4ccccc4Cl)cc3Br)cc2)n1. The van der Waals surface area contributed by atoms with Crippen molar-refractivity contribution in [2.45, 2.75) is 26.9 Å². The van der Waals surface area contributed by atoms with Gasteiger partial charge in [0.15, 0.2) is 5.82 Å². The lowest BCUT2D eigenvalue weighted by atomic mass is 10.1. The molecule has 0 bridgehead atoms. The van der Waals surface area contributed by atoms with Crippen LogP contribution in [0.5, 0.6) is 0 Å². The zero-order chi connectivity index (χ0) is 22.0. The molecule has 4 aromatic rings. The van der Waals surface area contributed by atoms with Gasteiger partial charge in [-0.05, 0) is 65.2 Å². The summed E-state index contributed by atoms with van der Waals surface area (Å²) >= 11 is 9.70. The first-order chi connectivity index (χ1) is 14.9. The number of carbonyl (C=O) groups is 1. The fourth-order valence-corrected chi connectivity index (χ4v) is 3.92. The van der Waals surface area contributed by atoms with Crippen molar-refractivity contribution in [1.82, 2.24) is 19.6 Å². The molecule has 4 rings (SSSR count). The van der Waals surface area contributed by atoms with E-state index >= 15 is 0 Å². The Morgan fingerprint density at radius 1 is 1.06 bits per heavy atom. The van der Waals surface area contributed by atoms with Gasteiger partial charge in [-0.1, -0.05) is 41.9 Å². The maximum atomic E-state index is 12.7. The molecule has 1 N–H and O–H groups in total. The van der Waals surface area contributed by atoms with Gasteiger partial charge in [-0.2, -0.15) is 10.2 Å². The average molecular weight is 499 g/mol. The molecular weight excluding hydrogens is 478 g/mol. The molecule has 2 aromatic carbocycles. The van der Waals surface area contributed by atoms with Crippen molar-refractivity contribution in [2.24, 2.45) is 0 Å². The van der Waals surface area contributed by atoms with Crippen LogP contribution in [0.3, 0.4) is 0 Å². The van der Waals surface area contributed by atoms with E-state index in [-0.39, 0.29) is 5.91 Å². The number of aromatic nitrogens is 4. The summed E-state index contributed by atoms with van der Waals surface area (Å²) < 4.78 is 4.39. The molecule has 0 unspecified atom stereocenters. The molecule has 2 aromatic heterocycles. The van der Waals surface area contributed by atoms with Gasteiger partial charge in [0.2, 0.25) is 0 Å². The summed E-state index contributed by atoms with van der Waals surface area (Å²) in [5.74, 6) is 0.241. The number of rotatable bonds is 6. The van der Waals surface area contributed by atoms with Crippen LogP contribution in [0.2, 0.25) is 5.02 Å². The molecule has 6 nitrogen and oxygen atoms in total. The minimum atomic E-state index is -0.221. The second kappa shape index (κ2) is 9.08. The monoisotopic (exact) mass is 497 g/mol. The van der Waals surface area contributed by atoms with Crippen molar-refractivity contribution in [1.29, 1.82) is 0 Å². The number of halogens is 2. The number of benzene rings is 2. The van der Waals surface area contributed by atoms with E-state index in [0.717, 1.165) is 22.5 Å². The molecule has 0 aliphatic carbocycles. The summed E-state index contributed by atoms with van der Waals surface area (Å²) in [6.07, 6.45) is 1.82. The first-order valence-electron chi connectivity index (χ1n) is 9.77. The smallest absolute Gasteiger partial charge is 0.256 e. The fraction of sp³-hybridized carbons (Fsp3) is 0.174. The van der Waals surface area contributed by atoms with Gasteiger partial charge < -0.3 is 5.32 Å². The minimum Gasteiger partial charge on any atom is -0.304 e. The van der Waals surface area contributed by atoms with Gasteiger partial charge in [-0.25, -0.2) is 0 Å². The Balaban J connectivity index is 1.43. The van der Waals surface area contributed by atoms with Crippen LogP contribution in [0.25, 0.3) is 0 Å². The van der Waals surface area contributed by atoms with Crippen molar-refractivity contribution in [2.75, 3.05) is 5.32 Å². The molecule has 0 fully saturated rings. The lowest BCUT2D eigenvalue weighted by molar-refractivity contribution is 0.102. The number of anilines is 1. The van der Waals surface area contributed by atoms with Gasteiger partial charge in [0, 0.05) is 22.5 Å². The van der Waals surface area contributed by atoms with Crippen molar-refractivity contribution in [3.8, 4) is 0 Å². The summed E-state index contributed by atoms with van der Waals surface area (Å²) in [5.41, 5.74) is 4.69. The fourth-order valence-electron chi connectivity index (χ4n) is 3.31. The highest BCUT2D eigenvalue weighted by Gasteiger charge is 2.13. The second-order valence-electron chi connectivity index (χ2n) is 7.35.